The van der Waals surface area contributed by atoms with Crippen molar-refractivity contribution in [1.82, 2.24) is 15.1 Å². The predicted molar refractivity (Wildman–Crippen MR) is 122 cm³/mol. The second kappa shape index (κ2) is 11.4. The molecule has 2 rings (SSSR count). The van der Waals surface area contributed by atoms with Gasteiger partial charge in [0.25, 0.3) is 0 Å². The topological polar surface area (TPSA) is 40.1 Å². The molecule has 9 heteroatoms. The van der Waals surface area contributed by atoms with Gasteiger partial charge in [-0.1, -0.05) is 20.8 Å². The fraction of sp³-hybridized carbons (Fsp3) is 0.950. The first kappa shape index (κ1) is 26.7. The molecule has 1 N–H and O–H groups in total. The SMILES string of the molecule is CCNC(=NCC1CCCOC1C(C)(C)C)N1CCN(C(C)C(F)(F)F)CC1.I. The van der Waals surface area contributed by atoms with Crippen LogP contribution in [-0.2, 0) is 4.74 Å². The van der Waals surface area contributed by atoms with E-state index in [1.54, 1.807) is 0 Å². The van der Waals surface area contributed by atoms with E-state index >= 15 is 0 Å². The minimum absolute atomic E-state index is 0. The molecule has 0 spiro atoms. The quantitative estimate of drug-likeness (QED) is 0.337. The lowest BCUT2D eigenvalue weighted by Gasteiger charge is -2.41. The normalized spacial score (nSPS) is 26.1. The first-order valence-electron chi connectivity index (χ1n) is 10.5. The number of guanidine groups is 1. The number of hydrogen-bond donors (Lipinski definition) is 1. The van der Waals surface area contributed by atoms with Gasteiger partial charge >= 0.3 is 6.18 Å². The summed E-state index contributed by atoms with van der Waals surface area (Å²) in [5, 5.41) is 3.31. The Labute approximate surface area is 190 Å². The Kier molecular flexibility index (Phi) is 10.5. The third kappa shape index (κ3) is 7.72. The first-order valence-corrected chi connectivity index (χ1v) is 10.5. The molecule has 0 aromatic rings. The summed E-state index contributed by atoms with van der Waals surface area (Å²) >= 11 is 0. The van der Waals surface area contributed by atoms with Crippen molar-refractivity contribution >= 4 is 29.9 Å². The second-order valence-electron chi connectivity index (χ2n) is 8.99. The Hall–Kier alpha value is -0.290. The van der Waals surface area contributed by atoms with Gasteiger partial charge in [-0.3, -0.25) is 9.89 Å². The van der Waals surface area contributed by atoms with Crippen LogP contribution >= 0.6 is 24.0 Å². The number of rotatable bonds is 4. The molecule has 2 heterocycles. The number of hydrogen-bond acceptors (Lipinski definition) is 3. The molecule has 0 aromatic heterocycles. The van der Waals surface area contributed by atoms with E-state index < -0.39 is 12.2 Å². The van der Waals surface area contributed by atoms with Crippen molar-refractivity contribution in [3.63, 3.8) is 0 Å². The summed E-state index contributed by atoms with van der Waals surface area (Å²) < 4.78 is 44.9. The molecule has 29 heavy (non-hydrogen) atoms. The van der Waals surface area contributed by atoms with Gasteiger partial charge in [-0.05, 0) is 32.1 Å². The summed E-state index contributed by atoms with van der Waals surface area (Å²) in [5.74, 6) is 1.17. The third-order valence-corrected chi connectivity index (χ3v) is 5.74. The average molecular weight is 534 g/mol. The number of alkyl halides is 3. The van der Waals surface area contributed by atoms with E-state index in [1.165, 1.54) is 11.8 Å². The van der Waals surface area contributed by atoms with Crippen LogP contribution < -0.4 is 5.32 Å². The highest BCUT2D eigenvalue weighted by Gasteiger charge is 2.41. The van der Waals surface area contributed by atoms with E-state index in [-0.39, 0.29) is 35.5 Å². The van der Waals surface area contributed by atoms with Crippen LogP contribution in [-0.4, -0.2) is 80.0 Å². The van der Waals surface area contributed by atoms with Crippen LogP contribution in [0.1, 0.15) is 47.5 Å². The minimum atomic E-state index is -4.18. The van der Waals surface area contributed by atoms with Gasteiger partial charge in [0.2, 0.25) is 0 Å². The fourth-order valence-electron chi connectivity index (χ4n) is 4.14. The van der Waals surface area contributed by atoms with E-state index in [1.807, 2.05) is 6.92 Å². The highest BCUT2D eigenvalue weighted by Crippen LogP contribution is 2.34. The largest absolute Gasteiger partial charge is 0.403 e. The van der Waals surface area contributed by atoms with Crippen LogP contribution in [0.4, 0.5) is 13.2 Å². The van der Waals surface area contributed by atoms with Crippen LogP contribution in [0.2, 0.25) is 0 Å². The van der Waals surface area contributed by atoms with Gasteiger partial charge in [-0.25, -0.2) is 0 Å². The van der Waals surface area contributed by atoms with Crippen LogP contribution in [0.25, 0.3) is 0 Å². The van der Waals surface area contributed by atoms with Crippen molar-refractivity contribution in [3.05, 3.63) is 0 Å². The number of piperazine rings is 1. The van der Waals surface area contributed by atoms with E-state index in [0.29, 0.717) is 38.6 Å². The molecule has 0 amide bonds. The molecule has 172 valence electrons. The molecular weight excluding hydrogens is 496 g/mol. The standard InChI is InChI=1S/C20H37F3N4O.HI/c1-6-24-18(25-14-16-8-7-13-28-17(16)19(3,4)5)27-11-9-26(10-12-27)15(2)20(21,22)23;/h15-17H,6-14H2,1-5H3,(H,24,25);1H. The summed E-state index contributed by atoms with van der Waals surface area (Å²) in [4.78, 5) is 8.44. The van der Waals surface area contributed by atoms with Crippen molar-refractivity contribution in [3.8, 4) is 0 Å². The van der Waals surface area contributed by atoms with Crippen LogP contribution in [0.3, 0.4) is 0 Å². The summed E-state index contributed by atoms with van der Waals surface area (Å²) in [6.07, 6.45) is -1.85. The van der Waals surface area contributed by atoms with Gasteiger partial charge in [0, 0.05) is 51.8 Å². The zero-order valence-electron chi connectivity index (χ0n) is 18.4. The molecule has 0 saturated carbocycles. The number of ether oxygens (including phenoxy) is 1. The van der Waals surface area contributed by atoms with Gasteiger partial charge < -0.3 is 15.0 Å². The first-order chi connectivity index (χ1) is 13.0. The van der Waals surface area contributed by atoms with Gasteiger partial charge in [-0.2, -0.15) is 13.2 Å². The number of nitrogens with zero attached hydrogens (tertiary/aromatic N) is 3. The molecule has 2 saturated heterocycles. The van der Waals surface area contributed by atoms with Crippen molar-refractivity contribution in [2.45, 2.75) is 65.8 Å². The summed E-state index contributed by atoms with van der Waals surface area (Å²) in [5.41, 5.74) is 0.0678. The molecule has 3 unspecified atom stereocenters. The van der Waals surface area contributed by atoms with E-state index in [4.69, 9.17) is 9.73 Å². The lowest BCUT2D eigenvalue weighted by Crippen LogP contribution is -2.56. The molecule has 2 aliphatic rings. The fourth-order valence-corrected chi connectivity index (χ4v) is 4.14. The van der Waals surface area contributed by atoms with Crippen LogP contribution in [0.5, 0.6) is 0 Å². The maximum absolute atomic E-state index is 13.0. The number of nitrogens with one attached hydrogen (secondary N) is 1. The maximum Gasteiger partial charge on any atom is 0.403 e. The van der Waals surface area contributed by atoms with Crippen molar-refractivity contribution < 1.29 is 17.9 Å². The van der Waals surface area contributed by atoms with E-state index in [9.17, 15) is 13.2 Å². The Bertz CT molecular complexity index is 517. The number of halogens is 4. The monoisotopic (exact) mass is 534 g/mol. The van der Waals surface area contributed by atoms with Crippen LogP contribution in [0, 0.1) is 11.3 Å². The van der Waals surface area contributed by atoms with Crippen molar-refractivity contribution in [2.24, 2.45) is 16.3 Å². The maximum atomic E-state index is 13.0. The van der Waals surface area contributed by atoms with Gasteiger partial charge in [0.05, 0.1) is 6.10 Å². The Morgan fingerprint density at radius 1 is 1.17 bits per heavy atom. The van der Waals surface area contributed by atoms with Crippen LogP contribution in [0.15, 0.2) is 4.99 Å². The molecule has 2 fully saturated rings. The zero-order chi connectivity index (χ0) is 20.9. The second-order valence-corrected chi connectivity index (χ2v) is 8.99. The minimum Gasteiger partial charge on any atom is -0.377 e. The van der Waals surface area contributed by atoms with Crippen molar-refractivity contribution in [1.29, 1.82) is 0 Å². The summed E-state index contributed by atoms with van der Waals surface area (Å²) in [7, 11) is 0. The number of aliphatic imine (C=N–C) groups is 1. The van der Waals surface area contributed by atoms with Gasteiger partial charge in [0.15, 0.2) is 5.96 Å². The molecular formula is C20H38F3IN4O. The average Bonchev–Trinajstić information content (AvgIpc) is 2.63. The third-order valence-electron chi connectivity index (χ3n) is 5.74. The highest BCUT2D eigenvalue weighted by molar-refractivity contribution is 14.0. The highest BCUT2D eigenvalue weighted by atomic mass is 127. The summed E-state index contributed by atoms with van der Waals surface area (Å²) in [6, 6.07) is -1.40. The molecule has 2 aliphatic heterocycles. The molecule has 0 bridgehead atoms. The predicted octanol–water partition coefficient (Wildman–Crippen LogP) is 3.98. The van der Waals surface area contributed by atoms with Gasteiger partial charge in [-0.15, -0.1) is 24.0 Å². The van der Waals surface area contributed by atoms with E-state index in [0.717, 1.165) is 32.0 Å². The Balaban J connectivity index is 0.00000420. The lowest BCUT2D eigenvalue weighted by atomic mass is 9.78. The molecule has 0 radical (unpaired) electrons. The molecule has 0 aromatic carbocycles. The Morgan fingerprint density at radius 3 is 2.31 bits per heavy atom. The Morgan fingerprint density at radius 2 is 1.79 bits per heavy atom. The van der Waals surface area contributed by atoms with Gasteiger partial charge in [0.1, 0.15) is 6.04 Å². The smallest absolute Gasteiger partial charge is 0.377 e. The summed E-state index contributed by atoms with van der Waals surface area (Å²) in [6.45, 7) is 14.0. The molecule has 5 nitrogen and oxygen atoms in total. The molecule has 0 aliphatic carbocycles. The van der Waals surface area contributed by atoms with Crippen molar-refractivity contribution in [2.75, 3.05) is 45.9 Å². The van der Waals surface area contributed by atoms with E-state index in [2.05, 4.69) is 31.0 Å². The zero-order valence-corrected chi connectivity index (χ0v) is 20.7. The molecule has 3 atom stereocenters. The lowest BCUT2D eigenvalue weighted by molar-refractivity contribution is -0.181.